The highest BCUT2D eigenvalue weighted by molar-refractivity contribution is 6.10. The third-order valence-corrected chi connectivity index (χ3v) is 3.71. The first-order valence-corrected chi connectivity index (χ1v) is 8.04. The van der Waals surface area contributed by atoms with Gasteiger partial charge in [0.2, 0.25) is 0 Å². The maximum Gasteiger partial charge on any atom is 0.193 e. The average Bonchev–Trinajstić information content (AvgIpc) is 2.56. The summed E-state index contributed by atoms with van der Waals surface area (Å²) in [6.45, 7) is 1.68. The van der Waals surface area contributed by atoms with E-state index in [-0.39, 0.29) is 5.78 Å². The van der Waals surface area contributed by atoms with E-state index in [2.05, 4.69) is 19.0 Å². The second-order valence-corrected chi connectivity index (χ2v) is 6.06. The van der Waals surface area contributed by atoms with Crippen LogP contribution in [-0.4, -0.2) is 37.9 Å². The highest BCUT2D eigenvalue weighted by Crippen LogP contribution is 2.21. The first kappa shape index (κ1) is 17.8. The van der Waals surface area contributed by atoms with E-state index >= 15 is 0 Å². The molecule has 0 bridgehead atoms. The molecule has 0 aliphatic heterocycles. The molecule has 0 aromatic heterocycles. The van der Waals surface area contributed by atoms with E-state index < -0.39 is 0 Å². The van der Waals surface area contributed by atoms with Crippen molar-refractivity contribution >= 4 is 17.2 Å². The molecule has 0 aliphatic rings. The molecule has 0 fully saturated rings. The second kappa shape index (κ2) is 8.36. The van der Waals surface area contributed by atoms with Crippen LogP contribution in [0.3, 0.4) is 0 Å². The summed E-state index contributed by atoms with van der Waals surface area (Å²) in [4.78, 5) is 14.7. The summed E-state index contributed by atoms with van der Waals surface area (Å²) in [5.41, 5.74) is 13.4. The molecular formula is C19H25N3O2. The fourth-order valence-electron chi connectivity index (χ4n) is 2.33. The Bertz CT molecular complexity index is 699. The van der Waals surface area contributed by atoms with E-state index in [0.717, 1.165) is 19.4 Å². The highest BCUT2D eigenvalue weighted by Gasteiger charge is 2.11. The Hall–Kier alpha value is -2.53. The molecule has 0 saturated heterocycles. The number of nitrogens with zero attached hydrogens (tertiary/aromatic N) is 1. The lowest BCUT2D eigenvalue weighted by atomic mass is 10.0. The van der Waals surface area contributed by atoms with Crippen molar-refractivity contribution in [1.29, 1.82) is 0 Å². The van der Waals surface area contributed by atoms with Crippen molar-refractivity contribution in [1.82, 2.24) is 4.90 Å². The molecule has 5 heteroatoms. The molecule has 0 amide bonds. The molecule has 0 radical (unpaired) electrons. The van der Waals surface area contributed by atoms with E-state index in [1.165, 1.54) is 0 Å². The zero-order valence-electron chi connectivity index (χ0n) is 14.3. The molecule has 2 aromatic rings. The SMILES string of the molecule is CN(C)CCCCOc1cccc(C(=O)c2ccc(N)c(N)c2)c1. The number of nitrogens with two attached hydrogens (primary N) is 2. The van der Waals surface area contributed by atoms with Crippen LogP contribution < -0.4 is 16.2 Å². The number of carbonyl (C=O) groups is 1. The van der Waals surface area contributed by atoms with Gasteiger partial charge in [0.1, 0.15) is 5.75 Å². The van der Waals surface area contributed by atoms with E-state index in [1.54, 1.807) is 30.3 Å². The number of benzene rings is 2. The molecule has 5 nitrogen and oxygen atoms in total. The Morgan fingerprint density at radius 2 is 1.75 bits per heavy atom. The molecule has 0 unspecified atom stereocenters. The van der Waals surface area contributed by atoms with Gasteiger partial charge in [-0.05, 0) is 63.8 Å². The fraction of sp³-hybridized carbons (Fsp3) is 0.316. The normalized spacial score (nSPS) is 10.8. The Morgan fingerprint density at radius 1 is 1.00 bits per heavy atom. The summed E-state index contributed by atoms with van der Waals surface area (Å²) >= 11 is 0. The predicted octanol–water partition coefficient (Wildman–Crippen LogP) is 2.80. The van der Waals surface area contributed by atoms with Gasteiger partial charge in [0, 0.05) is 11.1 Å². The van der Waals surface area contributed by atoms with E-state index in [9.17, 15) is 4.79 Å². The molecule has 128 valence electrons. The number of carbonyl (C=O) groups excluding carboxylic acids is 1. The van der Waals surface area contributed by atoms with E-state index in [0.29, 0.717) is 34.9 Å². The fourth-order valence-corrected chi connectivity index (χ4v) is 2.33. The Morgan fingerprint density at radius 3 is 2.46 bits per heavy atom. The topological polar surface area (TPSA) is 81.6 Å². The molecular weight excluding hydrogens is 302 g/mol. The summed E-state index contributed by atoms with van der Waals surface area (Å²) in [5, 5.41) is 0. The summed E-state index contributed by atoms with van der Waals surface area (Å²) < 4.78 is 5.74. The molecule has 2 rings (SSSR count). The minimum Gasteiger partial charge on any atom is -0.494 e. The monoisotopic (exact) mass is 327 g/mol. The number of unbranched alkanes of at least 4 members (excludes halogenated alkanes) is 1. The largest absolute Gasteiger partial charge is 0.494 e. The summed E-state index contributed by atoms with van der Waals surface area (Å²) in [7, 11) is 4.11. The molecule has 24 heavy (non-hydrogen) atoms. The van der Waals surface area contributed by atoms with Crippen LogP contribution in [0, 0.1) is 0 Å². The van der Waals surface area contributed by atoms with Crippen molar-refractivity contribution in [3.05, 3.63) is 53.6 Å². The summed E-state index contributed by atoms with van der Waals surface area (Å²) in [6, 6.07) is 12.2. The van der Waals surface area contributed by atoms with Gasteiger partial charge in [-0.15, -0.1) is 0 Å². The van der Waals surface area contributed by atoms with Crippen molar-refractivity contribution < 1.29 is 9.53 Å². The second-order valence-electron chi connectivity index (χ2n) is 6.06. The predicted molar refractivity (Wildman–Crippen MR) is 98.4 cm³/mol. The van der Waals surface area contributed by atoms with Gasteiger partial charge in [0.15, 0.2) is 5.78 Å². The molecule has 0 heterocycles. The first-order valence-electron chi connectivity index (χ1n) is 8.04. The van der Waals surface area contributed by atoms with E-state index in [4.69, 9.17) is 16.2 Å². The summed E-state index contributed by atoms with van der Waals surface area (Å²) in [6.07, 6.45) is 2.06. The van der Waals surface area contributed by atoms with Crippen LogP contribution in [0.25, 0.3) is 0 Å². The van der Waals surface area contributed by atoms with Crippen LogP contribution in [0.5, 0.6) is 5.75 Å². The number of rotatable bonds is 8. The van der Waals surface area contributed by atoms with Gasteiger partial charge < -0.3 is 21.1 Å². The smallest absolute Gasteiger partial charge is 0.193 e. The maximum absolute atomic E-state index is 12.6. The van der Waals surface area contributed by atoms with Gasteiger partial charge >= 0.3 is 0 Å². The van der Waals surface area contributed by atoms with Gasteiger partial charge in [-0.1, -0.05) is 12.1 Å². The molecule has 4 N–H and O–H groups in total. The zero-order chi connectivity index (χ0) is 17.5. The molecule has 0 atom stereocenters. The molecule has 0 saturated carbocycles. The number of hydrogen-bond acceptors (Lipinski definition) is 5. The van der Waals surface area contributed by atoms with Crippen LogP contribution in [0.15, 0.2) is 42.5 Å². The Kier molecular flexibility index (Phi) is 6.21. The van der Waals surface area contributed by atoms with Crippen LogP contribution in [-0.2, 0) is 0 Å². The van der Waals surface area contributed by atoms with E-state index in [1.807, 2.05) is 12.1 Å². The van der Waals surface area contributed by atoms with Crippen LogP contribution in [0.1, 0.15) is 28.8 Å². The number of ketones is 1. The van der Waals surface area contributed by atoms with Gasteiger partial charge in [0.05, 0.1) is 18.0 Å². The summed E-state index contributed by atoms with van der Waals surface area (Å²) in [5.74, 6) is 0.605. The third-order valence-electron chi connectivity index (χ3n) is 3.71. The number of hydrogen-bond donors (Lipinski definition) is 2. The van der Waals surface area contributed by atoms with Gasteiger partial charge in [-0.2, -0.15) is 0 Å². The standard InChI is InChI=1S/C19H25N3O2/c1-22(2)10-3-4-11-24-16-7-5-6-14(12-16)19(23)15-8-9-17(20)18(21)13-15/h5-9,12-13H,3-4,10-11,20-21H2,1-2H3. The van der Waals surface area contributed by atoms with Gasteiger partial charge in [0.25, 0.3) is 0 Å². The number of anilines is 2. The molecule has 0 spiro atoms. The lowest BCUT2D eigenvalue weighted by Crippen LogP contribution is -2.13. The minimum atomic E-state index is -0.0974. The van der Waals surface area contributed by atoms with Crippen molar-refractivity contribution in [2.75, 3.05) is 38.7 Å². The Labute approximate surface area is 143 Å². The zero-order valence-corrected chi connectivity index (χ0v) is 14.3. The molecule has 2 aromatic carbocycles. The highest BCUT2D eigenvalue weighted by atomic mass is 16.5. The lowest BCUT2D eigenvalue weighted by molar-refractivity contribution is 0.103. The van der Waals surface area contributed by atoms with Crippen LogP contribution in [0.2, 0.25) is 0 Å². The van der Waals surface area contributed by atoms with Crippen molar-refractivity contribution in [2.45, 2.75) is 12.8 Å². The first-order chi connectivity index (χ1) is 11.5. The van der Waals surface area contributed by atoms with Crippen molar-refractivity contribution in [2.24, 2.45) is 0 Å². The van der Waals surface area contributed by atoms with Crippen molar-refractivity contribution in [3.63, 3.8) is 0 Å². The third kappa shape index (κ3) is 4.99. The number of ether oxygens (including phenoxy) is 1. The van der Waals surface area contributed by atoms with Crippen LogP contribution in [0.4, 0.5) is 11.4 Å². The van der Waals surface area contributed by atoms with Crippen molar-refractivity contribution in [3.8, 4) is 5.75 Å². The maximum atomic E-state index is 12.6. The molecule has 0 aliphatic carbocycles. The quantitative estimate of drug-likeness (QED) is 0.443. The minimum absolute atomic E-state index is 0.0974. The number of nitrogen functional groups attached to an aromatic ring is 2. The van der Waals surface area contributed by atoms with Gasteiger partial charge in [-0.3, -0.25) is 4.79 Å². The van der Waals surface area contributed by atoms with Gasteiger partial charge in [-0.25, -0.2) is 0 Å². The average molecular weight is 327 g/mol. The van der Waals surface area contributed by atoms with Crippen LogP contribution >= 0.6 is 0 Å². The lowest BCUT2D eigenvalue weighted by Gasteiger charge is -2.10. The Balaban J connectivity index is 1.98.